The molecule has 0 aliphatic rings. The summed E-state index contributed by atoms with van der Waals surface area (Å²) in [6.45, 7) is 1.47. The van der Waals surface area contributed by atoms with Crippen LogP contribution in [-0.2, 0) is 11.0 Å². The first-order valence-electron chi connectivity index (χ1n) is 8.58. The maximum atomic E-state index is 13.9. The number of halogens is 5. The molecular formula is C20H14BrF4N3OS. The zero-order valence-corrected chi connectivity index (χ0v) is 17.8. The van der Waals surface area contributed by atoms with Gasteiger partial charge in [0.25, 0.3) is 0 Å². The van der Waals surface area contributed by atoms with E-state index in [1.807, 2.05) is 0 Å². The minimum Gasteiger partial charge on any atom is -0.323 e. The summed E-state index contributed by atoms with van der Waals surface area (Å²) in [5.74, 6) is -1.24. The number of alkyl halides is 3. The second kappa shape index (κ2) is 9.13. The zero-order valence-electron chi connectivity index (χ0n) is 15.4. The summed E-state index contributed by atoms with van der Waals surface area (Å²) in [6, 6.07) is 13.3. The van der Waals surface area contributed by atoms with Crippen LogP contribution >= 0.6 is 27.7 Å². The molecule has 1 aromatic heterocycles. The summed E-state index contributed by atoms with van der Waals surface area (Å²) >= 11 is 3.87. The van der Waals surface area contributed by atoms with Crippen molar-refractivity contribution >= 4 is 39.3 Å². The van der Waals surface area contributed by atoms with Crippen molar-refractivity contribution in [2.45, 2.75) is 23.5 Å². The molecule has 0 unspecified atom stereocenters. The van der Waals surface area contributed by atoms with Crippen molar-refractivity contribution in [3.8, 4) is 11.3 Å². The third-order valence-electron chi connectivity index (χ3n) is 3.91. The molecular weight excluding hydrogens is 486 g/mol. The number of carbonyl (C=O) groups is 1. The Labute approximate surface area is 182 Å². The van der Waals surface area contributed by atoms with Crippen molar-refractivity contribution in [3.05, 3.63) is 70.6 Å². The van der Waals surface area contributed by atoms with E-state index in [0.29, 0.717) is 10.0 Å². The van der Waals surface area contributed by atoms with Crippen molar-refractivity contribution in [1.29, 1.82) is 0 Å². The molecule has 0 bridgehead atoms. The van der Waals surface area contributed by atoms with Gasteiger partial charge in [0.1, 0.15) is 11.5 Å². The number of thioether (sulfide) groups is 1. The molecule has 0 aliphatic carbocycles. The Morgan fingerprint density at radius 2 is 1.80 bits per heavy atom. The summed E-state index contributed by atoms with van der Waals surface area (Å²) in [7, 11) is 0. The summed E-state index contributed by atoms with van der Waals surface area (Å²) in [6.07, 6.45) is -4.67. The van der Waals surface area contributed by atoms with Crippen LogP contribution < -0.4 is 5.32 Å². The lowest BCUT2D eigenvalue weighted by molar-refractivity contribution is -0.141. The summed E-state index contributed by atoms with van der Waals surface area (Å²) in [5, 5.41) is 1.33. The monoisotopic (exact) mass is 499 g/mol. The van der Waals surface area contributed by atoms with E-state index in [-0.39, 0.29) is 16.5 Å². The van der Waals surface area contributed by atoms with Gasteiger partial charge in [0.15, 0.2) is 5.16 Å². The van der Waals surface area contributed by atoms with Gasteiger partial charge in [-0.05, 0) is 31.2 Å². The Hall–Kier alpha value is -2.46. The minimum absolute atomic E-state index is 0.0365. The topological polar surface area (TPSA) is 54.9 Å². The number of benzene rings is 2. The molecule has 3 rings (SSSR count). The Kier molecular flexibility index (Phi) is 6.77. The fourth-order valence-corrected chi connectivity index (χ4v) is 3.53. The van der Waals surface area contributed by atoms with Gasteiger partial charge in [-0.2, -0.15) is 13.2 Å². The fourth-order valence-electron chi connectivity index (χ4n) is 2.42. The predicted molar refractivity (Wildman–Crippen MR) is 111 cm³/mol. The van der Waals surface area contributed by atoms with E-state index in [9.17, 15) is 22.4 Å². The number of hydrogen-bond donors (Lipinski definition) is 1. The van der Waals surface area contributed by atoms with Crippen molar-refractivity contribution < 1.29 is 22.4 Å². The molecule has 1 atom stereocenters. The average Bonchev–Trinajstić information content (AvgIpc) is 2.69. The molecule has 0 spiro atoms. The normalized spacial score (nSPS) is 12.5. The first kappa shape index (κ1) is 22.2. The van der Waals surface area contributed by atoms with Gasteiger partial charge in [-0.25, -0.2) is 14.4 Å². The summed E-state index contributed by atoms with van der Waals surface area (Å²) < 4.78 is 54.3. The predicted octanol–water partition coefficient (Wildman–Crippen LogP) is 6.18. The van der Waals surface area contributed by atoms with Gasteiger partial charge in [0.2, 0.25) is 5.91 Å². The highest BCUT2D eigenvalue weighted by Crippen LogP contribution is 2.33. The van der Waals surface area contributed by atoms with Crippen LogP contribution in [0.5, 0.6) is 0 Å². The number of nitrogens with one attached hydrogen (secondary N) is 1. The molecule has 3 aromatic rings. The second-order valence-electron chi connectivity index (χ2n) is 6.16. The standard InChI is InChI=1S/C20H14BrF4N3OS/c1-11(18(29)26-15-8-7-13(21)9-14(15)22)30-19-27-16(12-5-3-2-4-6-12)10-17(28-19)20(23,24)25/h2-11H,1H3,(H,26,29)/t11-/m0/s1. The van der Waals surface area contributed by atoms with Crippen LogP contribution in [0.3, 0.4) is 0 Å². The molecule has 4 nitrogen and oxygen atoms in total. The van der Waals surface area contributed by atoms with E-state index in [0.717, 1.165) is 17.8 Å². The number of hydrogen-bond acceptors (Lipinski definition) is 4. The Bertz CT molecular complexity index is 1060. The number of carbonyl (C=O) groups excluding carboxylic acids is 1. The highest BCUT2D eigenvalue weighted by Gasteiger charge is 2.34. The molecule has 0 radical (unpaired) electrons. The minimum atomic E-state index is -4.67. The fraction of sp³-hybridized carbons (Fsp3) is 0.150. The summed E-state index contributed by atoms with van der Waals surface area (Å²) in [4.78, 5) is 20.1. The number of anilines is 1. The average molecular weight is 500 g/mol. The van der Waals surface area contributed by atoms with Crippen molar-refractivity contribution in [2.24, 2.45) is 0 Å². The summed E-state index contributed by atoms with van der Waals surface area (Å²) in [5.41, 5.74) is -0.565. The van der Waals surface area contributed by atoms with Crippen molar-refractivity contribution in [1.82, 2.24) is 9.97 Å². The Morgan fingerprint density at radius 3 is 2.43 bits per heavy atom. The highest BCUT2D eigenvalue weighted by atomic mass is 79.9. The van der Waals surface area contributed by atoms with E-state index in [4.69, 9.17) is 0 Å². The third-order valence-corrected chi connectivity index (χ3v) is 5.36. The quantitative estimate of drug-likeness (QED) is 0.258. The van der Waals surface area contributed by atoms with Gasteiger partial charge in [-0.3, -0.25) is 4.79 Å². The van der Waals surface area contributed by atoms with E-state index in [1.54, 1.807) is 36.4 Å². The number of rotatable bonds is 5. The molecule has 156 valence electrons. The SMILES string of the molecule is C[C@H](Sc1nc(-c2ccccc2)cc(C(F)(F)F)n1)C(=O)Nc1ccc(Br)cc1F. The Balaban J connectivity index is 1.84. The maximum absolute atomic E-state index is 13.9. The lowest BCUT2D eigenvalue weighted by Crippen LogP contribution is -2.23. The zero-order chi connectivity index (χ0) is 21.9. The van der Waals surface area contributed by atoms with Gasteiger partial charge in [0, 0.05) is 10.0 Å². The highest BCUT2D eigenvalue weighted by molar-refractivity contribution is 9.10. The number of aromatic nitrogens is 2. The number of amides is 1. The van der Waals surface area contributed by atoms with E-state index < -0.39 is 28.8 Å². The van der Waals surface area contributed by atoms with Crippen LogP contribution in [-0.4, -0.2) is 21.1 Å². The lowest BCUT2D eigenvalue weighted by atomic mass is 10.1. The van der Waals surface area contributed by atoms with Crippen LogP contribution in [0.15, 0.2) is 64.2 Å². The first-order chi connectivity index (χ1) is 14.1. The van der Waals surface area contributed by atoms with Crippen molar-refractivity contribution in [2.75, 3.05) is 5.32 Å². The van der Waals surface area contributed by atoms with Gasteiger partial charge in [-0.1, -0.05) is 58.0 Å². The molecule has 30 heavy (non-hydrogen) atoms. The van der Waals surface area contributed by atoms with Crippen LogP contribution in [0.4, 0.5) is 23.2 Å². The van der Waals surface area contributed by atoms with Crippen LogP contribution in [0, 0.1) is 5.82 Å². The first-order valence-corrected chi connectivity index (χ1v) is 10.2. The van der Waals surface area contributed by atoms with Crippen LogP contribution in [0.1, 0.15) is 12.6 Å². The molecule has 2 aromatic carbocycles. The molecule has 0 fully saturated rings. The molecule has 0 saturated heterocycles. The number of nitrogens with zero attached hydrogens (tertiary/aromatic N) is 2. The molecule has 0 saturated carbocycles. The van der Waals surface area contributed by atoms with Gasteiger partial charge < -0.3 is 5.32 Å². The van der Waals surface area contributed by atoms with Gasteiger partial charge in [0.05, 0.1) is 16.6 Å². The maximum Gasteiger partial charge on any atom is 0.433 e. The van der Waals surface area contributed by atoms with Crippen molar-refractivity contribution in [3.63, 3.8) is 0 Å². The molecule has 1 heterocycles. The lowest BCUT2D eigenvalue weighted by Gasteiger charge is -2.14. The third kappa shape index (κ3) is 5.57. The van der Waals surface area contributed by atoms with Crippen LogP contribution in [0.2, 0.25) is 0 Å². The van der Waals surface area contributed by atoms with E-state index >= 15 is 0 Å². The largest absolute Gasteiger partial charge is 0.433 e. The van der Waals surface area contributed by atoms with Crippen LogP contribution in [0.25, 0.3) is 11.3 Å². The molecule has 0 aliphatic heterocycles. The molecule has 1 amide bonds. The van der Waals surface area contributed by atoms with Gasteiger partial charge >= 0.3 is 6.18 Å². The molecule has 1 N–H and O–H groups in total. The Morgan fingerprint density at radius 1 is 1.10 bits per heavy atom. The van der Waals surface area contributed by atoms with Gasteiger partial charge in [-0.15, -0.1) is 0 Å². The smallest absolute Gasteiger partial charge is 0.323 e. The molecule has 10 heteroatoms. The van der Waals surface area contributed by atoms with E-state index in [2.05, 4.69) is 31.2 Å². The second-order valence-corrected chi connectivity index (χ2v) is 8.38. The van der Waals surface area contributed by atoms with E-state index in [1.165, 1.54) is 19.1 Å².